The van der Waals surface area contributed by atoms with E-state index in [1.54, 1.807) is 0 Å². The van der Waals surface area contributed by atoms with Crippen molar-refractivity contribution in [1.29, 1.82) is 0 Å². The first-order valence-electron chi connectivity index (χ1n) is 6.95. The molecule has 0 aromatic rings. The molecule has 100 valence electrons. The van der Waals surface area contributed by atoms with Crippen LogP contribution in [0, 0.1) is 17.3 Å². The van der Waals surface area contributed by atoms with Crippen molar-refractivity contribution in [3.05, 3.63) is 11.1 Å². The molecule has 3 atom stereocenters. The fourth-order valence-corrected chi connectivity index (χ4v) is 4.35. The number of hydrogen-bond acceptors (Lipinski definition) is 3. The average molecular weight is 250 g/mol. The zero-order valence-electron chi connectivity index (χ0n) is 11.5. The van der Waals surface area contributed by atoms with E-state index in [1.807, 2.05) is 0 Å². The second-order valence-corrected chi connectivity index (χ2v) is 7.13. The molecule has 3 heteroatoms. The number of esters is 1. The lowest BCUT2D eigenvalue weighted by molar-refractivity contribution is -0.136. The van der Waals surface area contributed by atoms with Crippen molar-refractivity contribution in [3.8, 4) is 0 Å². The molecule has 1 aliphatic heterocycles. The van der Waals surface area contributed by atoms with Crippen molar-refractivity contribution < 1.29 is 14.6 Å². The highest BCUT2D eigenvalue weighted by Crippen LogP contribution is 2.57. The maximum Gasteiger partial charge on any atom is 0.334 e. The van der Waals surface area contributed by atoms with E-state index in [1.165, 1.54) is 0 Å². The van der Waals surface area contributed by atoms with Gasteiger partial charge in [0.05, 0.1) is 5.60 Å². The van der Waals surface area contributed by atoms with Gasteiger partial charge >= 0.3 is 5.97 Å². The third kappa shape index (κ3) is 1.56. The molecule has 0 saturated heterocycles. The van der Waals surface area contributed by atoms with Crippen molar-refractivity contribution >= 4 is 5.97 Å². The molecule has 0 aromatic heterocycles. The molecule has 3 aliphatic rings. The average Bonchev–Trinajstić information content (AvgIpc) is 2.71. The Bertz CT molecular complexity index is 435. The van der Waals surface area contributed by atoms with Crippen LogP contribution in [0.1, 0.15) is 46.5 Å². The van der Waals surface area contributed by atoms with Crippen LogP contribution in [0.3, 0.4) is 0 Å². The van der Waals surface area contributed by atoms with Crippen LogP contribution in [0.25, 0.3) is 0 Å². The summed E-state index contributed by atoms with van der Waals surface area (Å²) in [7, 11) is 0. The number of carbonyl (C=O) groups is 1. The lowest BCUT2D eigenvalue weighted by Crippen LogP contribution is -2.39. The molecule has 0 spiro atoms. The van der Waals surface area contributed by atoms with E-state index in [9.17, 15) is 9.90 Å². The summed E-state index contributed by atoms with van der Waals surface area (Å²) >= 11 is 0. The molecule has 3 nitrogen and oxygen atoms in total. The Morgan fingerprint density at radius 1 is 1.39 bits per heavy atom. The highest BCUT2D eigenvalue weighted by molar-refractivity contribution is 5.92. The number of rotatable bonds is 0. The fourth-order valence-electron chi connectivity index (χ4n) is 4.35. The van der Waals surface area contributed by atoms with Crippen molar-refractivity contribution in [2.24, 2.45) is 17.3 Å². The first kappa shape index (κ1) is 12.2. The minimum atomic E-state index is -0.805. The second kappa shape index (κ2) is 3.60. The van der Waals surface area contributed by atoms with E-state index < -0.39 is 5.60 Å². The molecule has 0 amide bonds. The van der Waals surface area contributed by atoms with E-state index in [4.69, 9.17) is 4.74 Å². The second-order valence-electron chi connectivity index (χ2n) is 7.13. The molecule has 1 N–H and O–H groups in total. The van der Waals surface area contributed by atoms with E-state index in [2.05, 4.69) is 20.8 Å². The van der Waals surface area contributed by atoms with Gasteiger partial charge < -0.3 is 9.84 Å². The molecular formula is C15H22O3. The normalized spacial score (nSPS) is 42.3. The van der Waals surface area contributed by atoms with Crippen LogP contribution in [0.5, 0.6) is 0 Å². The minimum absolute atomic E-state index is 0.148. The zero-order valence-corrected chi connectivity index (χ0v) is 11.5. The van der Waals surface area contributed by atoms with Gasteiger partial charge in [0.1, 0.15) is 6.61 Å². The summed E-state index contributed by atoms with van der Waals surface area (Å²) in [6.07, 6.45) is 3.55. The summed E-state index contributed by atoms with van der Waals surface area (Å²) in [5, 5.41) is 11.2. The SMILES string of the molecule is C[C@H]1CCC2=C(COC2=O)[C@@]2(O)CC(C)(C)C[C@@H]12. The number of ether oxygens (including phenoxy) is 1. The van der Waals surface area contributed by atoms with Gasteiger partial charge in [0.2, 0.25) is 0 Å². The quantitative estimate of drug-likeness (QED) is 0.672. The molecule has 0 unspecified atom stereocenters. The summed E-state index contributed by atoms with van der Waals surface area (Å²) in [5.74, 6) is 0.542. The zero-order chi connectivity index (χ0) is 13.1. The van der Waals surface area contributed by atoms with Crippen LogP contribution in [0.4, 0.5) is 0 Å². The molecule has 3 rings (SSSR count). The van der Waals surface area contributed by atoms with Gasteiger partial charge in [-0.25, -0.2) is 4.79 Å². The molecule has 0 aromatic carbocycles. The van der Waals surface area contributed by atoms with Crippen LogP contribution in [-0.2, 0) is 9.53 Å². The van der Waals surface area contributed by atoms with Crippen molar-refractivity contribution in [2.45, 2.75) is 52.1 Å². The summed E-state index contributed by atoms with van der Waals surface area (Å²) < 4.78 is 5.16. The van der Waals surface area contributed by atoms with Crippen LogP contribution < -0.4 is 0 Å². The minimum Gasteiger partial charge on any atom is -0.458 e. The van der Waals surface area contributed by atoms with Gasteiger partial charge in [-0.05, 0) is 42.9 Å². The molecule has 1 saturated carbocycles. The summed E-state index contributed by atoms with van der Waals surface area (Å²) in [5.41, 5.74) is 1.01. The Kier molecular flexibility index (Phi) is 2.44. The van der Waals surface area contributed by atoms with Gasteiger partial charge in [0, 0.05) is 11.1 Å². The predicted octanol–water partition coefficient (Wildman–Crippen LogP) is 2.44. The number of cyclic esters (lactones) is 1. The number of hydrogen-bond donors (Lipinski definition) is 1. The van der Waals surface area contributed by atoms with Gasteiger partial charge in [-0.3, -0.25) is 0 Å². The smallest absolute Gasteiger partial charge is 0.334 e. The molecular weight excluding hydrogens is 228 g/mol. The number of carbonyl (C=O) groups excluding carboxylic acids is 1. The van der Waals surface area contributed by atoms with Gasteiger partial charge in [-0.1, -0.05) is 20.8 Å². The third-order valence-corrected chi connectivity index (χ3v) is 5.15. The molecule has 1 fully saturated rings. The van der Waals surface area contributed by atoms with Gasteiger partial charge in [-0.2, -0.15) is 0 Å². The van der Waals surface area contributed by atoms with Gasteiger partial charge in [0.15, 0.2) is 0 Å². The third-order valence-electron chi connectivity index (χ3n) is 5.15. The monoisotopic (exact) mass is 250 g/mol. The number of aliphatic hydroxyl groups is 1. The first-order valence-corrected chi connectivity index (χ1v) is 6.95. The highest BCUT2D eigenvalue weighted by atomic mass is 16.5. The molecule has 1 heterocycles. The van der Waals surface area contributed by atoms with Crippen molar-refractivity contribution in [1.82, 2.24) is 0 Å². The summed E-state index contributed by atoms with van der Waals surface area (Å²) in [6, 6.07) is 0. The van der Waals surface area contributed by atoms with E-state index >= 15 is 0 Å². The van der Waals surface area contributed by atoms with Crippen LogP contribution >= 0.6 is 0 Å². The topological polar surface area (TPSA) is 46.5 Å². The maximum absolute atomic E-state index is 11.8. The molecule has 0 radical (unpaired) electrons. The van der Waals surface area contributed by atoms with E-state index in [0.717, 1.165) is 36.8 Å². The Balaban J connectivity index is 2.09. The van der Waals surface area contributed by atoms with Crippen LogP contribution in [-0.4, -0.2) is 23.3 Å². The maximum atomic E-state index is 11.8. The van der Waals surface area contributed by atoms with Gasteiger partial charge in [0.25, 0.3) is 0 Å². The fraction of sp³-hybridized carbons (Fsp3) is 0.800. The van der Waals surface area contributed by atoms with Crippen LogP contribution in [0.15, 0.2) is 11.1 Å². The Labute approximate surface area is 108 Å². The van der Waals surface area contributed by atoms with Crippen molar-refractivity contribution in [3.63, 3.8) is 0 Å². The molecule has 2 aliphatic carbocycles. The molecule has 0 bridgehead atoms. The van der Waals surface area contributed by atoms with Gasteiger partial charge in [-0.15, -0.1) is 0 Å². The standard InChI is InChI=1S/C15H22O3/c1-9-4-5-10-12(7-18-13(10)16)15(17)8-14(2,3)6-11(9)15/h9,11,17H,4-8H2,1-3H3/t9-,11-,15+/m0/s1. The highest BCUT2D eigenvalue weighted by Gasteiger charge is 2.56. The van der Waals surface area contributed by atoms with E-state index in [-0.39, 0.29) is 17.3 Å². The first-order chi connectivity index (χ1) is 8.33. The largest absolute Gasteiger partial charge is 0.458 e. The lowest BCUT2D eigenvalue weighted by atomic mass is 9.78. The van der Waals surface area contributed by atoms with E-state index in [0.29, 0.717) is 12.5 Å². The number of fused-ring (bicyclic) bond motifs is 2. The lowest BCUT2D eigenvalue weighted by Gasteiger charge is -2.33. The molecule has 18 heavy (non-hydrogen) atoms. The summed E-state index contributed by atoms with van der Waals surface area (Å²) in [4.78, 5) is 11.8. The Morgan fingerprint density at radius 3 is 2.83 bits per heavy atom. The summed E-state index contributed by atoms with van der Waals surface area (Å²) in [6.45, 7) is 6.95. The Hall–Kier alpha value is -0.830. The predicted molar refractivity (Wildman–Crippen MR) is 67.8 cm³/mol. The Morgan fingerprint density at radius 2 is 2.11 bits per heavy atom. The van der Waals surface area contributed by atoms with Crippen molar-refractivity contribution in [2.75, 3.05) is 6.61 Å². The van der Waals surface area contributed by atoms with Crippen LogP contribution in [0.2, 0.25) is 0 Å².